The van der Waals surface area contributed by atoms with E-state index in [0.717, 1.165) is 45.1 Å². The van der Waals surface area contributed by atoms with E-state index in [1.807, 2.05) is 44.2 Å². The highest BCUT2D eigenvalue weighted by molar-refractivity contribution is 7.17. The molecule has 0 spiro atoms. The lowest BCUT2D eigenvalue weighted by Crippen LogP contribution is -2.05. The van der Waals surface area contributed by atoms with Crippen molar-refractivity contribution in [3.63, 3.8) is 0 Å². The van der Waals surface area contributed by atoms with Gasteiger partial charge >= 0.3 is 0 Å². The van der Waals surface area contributed by atoms with Crippen LogP contribution >= 0.6 is 11.3 Å². The van der Waals surface area contributed by atoms with Gasteiger partial charge in [0, 0.05) is 11.1 Å². The molecule has 5 nitrogen and oxygen atoms in total. The van der Waals surface area contributed by atoms with Crippen molar-refractivity contribution >= 4 is 17.0 Å². The molecule has 1 aliphatic carbocycles. The zero-order valence-electron chi connectivity index (χ0n) is 15.1. The minimum Gasteiger partial charge on any atom is -0.502 e. The standard InChI is InChI=1S/C21H19N3O2S/c1-12(2)26-19-10-7-13(11-17(19)22-3)20-23-24-21(27-20)16-6-4-5-15-14(16)8-9-18(15)25/h4-7,10-12,18,25H,8-9H2,1-2H3/t18-/m0/s1. The molecule has 1 atom stereocenters. The number of fused-ring (bicyclic) bond motifs is 1. The topological polar surface area (TPSA) is 59.6 Å². The van der Waals surface area contributed by atoms with E-state index in [1.54, 1.807) is 6.07 Å². The van der Waals surface area contributed by atoms with Crippen LogP contribution in [0.4, 0.5) is 5.69 Å². The molecule has 2 aromatic carbocycles. The van der Waals surface area contributed by atoms with Gasteiger partial charge in [-0.05, 0) is 49.9 Å². The summed E-state index contributed by atoms with van der Waals surface area (Å²) in [5.74, 6) is 0.586. The van der Waals surface area contributed by atoms with E-state index in [1.165, 1.54) is 11.3 Å². The SMILES string of the molecule is [C-]#[N+]c1cc(-c2nnc(-c3cccc4c3CC[C@@H]4O)s2)ccc1OC(C)C. The van der Waals surface area contributed by atoms with E-state index in [2.05, 4.69) is 15.0 Å². The Morgan fingerprint density at radius 3 is 2.81 bits per heavy atom. The zero-order valence-corrected chi connectivity index (χ0v) is 16.0. The Labute approximate surface area is 162 Å². The van der Waals surface area contributed by atoms with Crippen LogP contribution in [-0.4, -0.2) is 21.4 Å². The maximum atomic E-state index is 10.1. The molecular formula is C21H19N3O2S. The summed E-state index contributed by atoms with van der Waals surface area (Å²) in [7, 11) is 0. The molecule has 6 heteroatoms. The largest absolute Gasteiger partial charge is 0.502 e. The molecule has 0 saturated heterocycles. The lowest BCUT2D eigenvalue weighted by molar-refractivity contribution is 0.180. The highest BCUT2D eigenvalue weighted by Gasteiger charge is 2.24. The maximum absolute atomic E-state index is 10.1. The fraction of sp³-hybridized carbons (Fsp3) is 0.286. The summed E-state index contributed by atoms with van der Waals surface area (Å²) < 4.78 is 5.69. The normalized spacial score (nSPS) is 15.6. The lowest BCUT2D eigenvalue weighted by atomic mass is 10.0. The van der Waals surface area contributed by atoms with Crippen molar-refractivity contribution in [3.05, 3.63) is 58.9 Å². The van der Waals surface area contributed by atoms with Crippen molar-refractivity contribution in [2.75, 3.05) is 0 Å². The van der Waals surface area contributed by atoms with Gasteiger partial charge in [-0.3, -0.25) is 0 Å². The molecule has 0 fully saturated rings. The number of aliphatic hydroxyl groups excluding tert-OH is 1. The van der Waals surface area contributed by atoms with Crippen molar-refractivity contribution in [2.45, 2.75) is 38.9 Å². The number of ether oxygens (including phenoxy) is 1. The van der Waals surface area contributed by atoms with Crippen LogP contribution in [0.1, 0.15) is 37.5 Å². The minimum absolute atomic E-state index is 0.0139. The Morgan fingerprint density at radius 1 is 1.22 bits per heavy atom. The molecule has 0 amide bonds. The van der Waals surface area contributed by atoms with Gasteiger partial charge < -0.3 is 9.84 Å². The molecule has 0 aliphatic heterocycles. The van der Waals surface area contributed by atoms with E-state index >= 15 is 0 Å². The smallest absolute Gasteiger partial charge is 0.228 e. The molecule has 1 aromatic heterocycles. The van der Waals surface area contributed by atoms with Crippen molar-refractivity contribution < 1.29 is 9.84 Å². The van der Waals surface area contributed by atoms with Crippen LogP contribution in [0.3, 0.4) is 0 Å². The van der Waals surface area contributed by atoms with E-state index in [9.17, 15) is 5.11 Å². The van der Waals surface area contributed by atoms with Crippen LogP contribution < -0.4 is 4.74 Å². The summed E-state index contributed by atoms with van der Waals surface area (Å²) in [6, 6.07) is 11.5. The Bertz CT molecular complexity index is 1040. The molecule has 136 valence electrons. The zero-order chi connectivity index (χ0) is 19.0. The van der Waals surface area contributed by atoms with Crippen molar-refractivity contribution in [2.24, 2.45) is 0 Å². The molecule has 0 saturated carbocycles. The Balaban J connectivity index is 1.69. The molecule has 1 aliphatic rings. The number of rotatable bonds is 4. The van der Waals surface area contributed by atoms with Gasteiger partial charge in [-0.2, -0.15) is 0 Å². The summed E-state index contributed by atoms with van der Waals surface area (Å²) in [6.07, 6.45) is 1.23. The van der Waals surface area contributed by atoms with E-state index in [4.69, 9.17) is 11.3 Å². The number of hydrogen-bond donors (Lipinski definition) is 1. The fourth-order valence-corrected chi connectivity index (χ4v) is 4.27. The van der Waals surface area contributed by atoms with Gasteiger partial charge in [-0.1, -0.05) is 35.6 Å². The van der Waals surface area contributed by atoms with Gasteiger partial charge in [0.15, 0.2) is 0 Å². The average molecular weight is 377 g/mol. The van der Waals surface area contributed by atoms with Crippen LogP contribution in [0, 0.1) is 6.57 Å². The Hall–Kier alpha value is -2.75. The van der Waals surface area contributed by atoms with Gasteiger partial charge in [-0.15, -0.1) is 10.2 Å². The third-order valence-corrected chi connectivity index (χ3v) is 5.59. The average Bonchev–Trinajstić information content (AvgIpc) is 3.29. The highest BCUT2D eigenvalue weighted by atomic mass is 32.1. The van der Waals surface area contributed by atoms with Gasteiger partial charge in [0.25, 0.3) is 0 Å². The van der Waals surface area contributed by atoms with E-state index in [-0.39, 0.29) is 12.2 Å². The number of aromatic nitrogens is 2. The second kappa shape index (κ2) is 7.10. The highest BCUT2D eigenvalue weighted by Crippen LogP contribution is 2.40. The van der Waals surface area contributed by atoms with Crippen LogP contribution in [0.2, 0.25) is 0 Å². The number of benzene rings is 2. The van der Waals surface area contributed by atoms with Gasteiger partial charge in [0.05, 0.1) is 18.8 Å². The molecule has 0 bridgehead atoms. The number of nitrogens with zero attached hydrogens (tertiary/aromatic N) is 3. The number of aliphatic hydroxyl groups is 1. The summed E-state index contributed by atoms with van der Waals surface area (Å²) in [4.78, 5) is 3.58. The van der Waals surface area contributed by atoms with Crippen molar-refractivity contribution in [3.8, 4) is 26.9 Å². The van der Waals surface area contributed by atoms with Crippen molar-refractivity contribution in [1.29, 1.82) is 0 Å². The Kier molecular flexibility index (Phi) is 4.65. The summed E-state index contributed by atoms with van der Waals surface area (Å²) in [6.45, 7) is 11.3. The monoisotopic (exact) mass is 377 g/mol. The molecule has 1 N–H and O–H groups in total. The minimum atomic E-state index is -0.387. The van der Waals surface area contributed by atoms with Gasteiger partial charge in [0.2, 0.25) is 5.69 Å². The van der Waals surface area contributed by atoms with Crippen LogP contribution in [-0.2, 0) is 6.42 Å². The van der Waals surface area contributed by atoms with E-state index in [0.29, 0.717) is 11.4 Å². The van der Waals surface area contributed by atoms with Crippen LogP contribution in [0.25, 0.3) is 26.0 Å². The second-order valence-electron chi connectivity index (χ2n) is 6.80. The van der Waals surface area contributed by atoms with Crippen LogP contribution in [0.5, 0.6) is 5.75 Å². The first-order valence-corrected chi connectivity index (χ1v) is 9.70. The first-order chi connectivity index (χ1) is 13.1. The molecule has 0 radical (unpaired) electrons. The molecule has 4 rings (SSSR count). The fourth-order valence-electron chi connectivity index (χ4n) is 3.37. The lowest BCUT2D eigenvalue weighted by Gasteiger charge is -2.11. The Morgan fingerprint density at radius 2 is 2.04 bits per heavy atom. The molecule has 3 aromatic rings. The first-order valence-electron chi connectivity index (χ1n) is 8.89. The molecule has 1 heterocycles. The predicted molar refractivity (Wildman–Crippen MR) is 106 cm³/mol. The summed E-state index contributed by atoms with van der Waals surface area (Å²) >= 11 is 1.50. The van der Waals surface area contributed by atoms with Crippen molar-refractivity contribution in [1.82, 2.24) is 10.2 Å². The summed E-state index contributed by atoms with van der Waals surface area (Å²) in [5, 5.41) is 20.4. The van der Waals surface area contributed by atoms with Gasteiger partial charge in [-0.25, -0.2) is 4.85 Å². The third kappa shape index (κ3) is 3.32. The maximum Gasteiger partial charge on any atom is 0.228 e. The second-order valence-corrected chi connectivity index (χ2v) is 7.78. The molecule has 27 heavy (non-hydrogen) atoms. The first kappa shape index (κ1) is 17.7. The quantitative estimate of drug-likeness (QED) is 0.636. The number of hydrogen-bond acceptors (Lipinski definition) is 5. The summed E-state index contributed by atoms with van der Waals surface area (Å²) in [5.41, 5.74) is 4.53. The van der Waals surface area contributed by atoms with Crippen LogP contribution in [0.15, 0.2) is 36.4 Å². The van der Waals surface area contributed by atoms with Gasteiger partial charge in [0.1, 0.15) is 15.8 Å². The third-order valence-electron chi connectivity index (χ3n) is 4.58. The van der Waals surface area contributed by atoms with E-state index < -0.39 is 0 Å². The predicted octanol–water partition coefficient (Wildman–Crippen LogP) is 5.19. The molecule has 0 unspecified atom stereocenters. The molecular weight excluding hydrogens is 358 g/mol.